The lowest BCUT2D eigenvalue weighted by molar-refractivity contribution is -0.420. The summed E-state index contributed by atoms with van der Waals surface area (Å²) in [6.07, 6.45) is -5.12. The first-order chi connectivity index (χ1) is 46.0. The number of carboxylic acids is 1. The van der Waals surface area contributed by atoms with Gasteiger partial charge in [0.15, 0.2) is 18.9 Å². The van der Waals surface area contributed by atoms with Crippen LogP contribution in [0.25, 0.3) is 0 Å². The number of hydrogen-bond donors (Lipinski definition) is 16. The third kappa shape index (κ3) is 27.6. The number of aliphatic hydroxyl groups excluding tert-OH is 13. The fourth-order valence-electron chi connectivity index (χ4n) is 12.8. The number of carbonyl (C=O) groups is 4. The fraction of sp³-hybridized carbons (Fsp3) is 0.910. The van der Waals surface area contributed by atoms with Crippen LogP contribution < -0.4 is 21.1 Å². The van der Waals surface area contributed by atoms with Crippen molar-refractivity contribution in [3.8, 4) is 0 Å². The lowest BCUT2D eigenvalue weighted by atomic mass is 9.88. The number of carboxylic acid groups (broad SMARTS) is 1. The number of carbonyl (C=O) groups excluding carboxylic acids is 4. The van der Waals surface area contributed by atoms with Gasteiger partial charge in [-0.15, -0.1) is 0 Å². The summed E-state index contributed by atoms with van der Waals surface area (Å²) >= 11 is 0. The Morgan fingerprint density at radius 2 is 1.02 bits per heavy atom. The van der Waals surface area contributed by atoms with Crippen molar-refractivity contribution in [2.75, 3.05) is 33.0 Å². The number of ether oxygens (including phenoxy) is 8. The van der Waals surface area contributed by atoms with E-state index in [9.17, 15) is 90.7 Å². The van der Waals surface area contributed by atoms with Crippen molar-refractivity contribution in [1.29, 1.82) is 0 Å². The fourth-order valence-corrected chi connectivity index (χ4v) is 12.8. The molecule has 4 saturated heterocycles. The molecule has 29 heteroatoms. The van der Waals surface area contributed by atoms with Crippen LogP contribution in [0.3, 0.4) is 0 Å². The molecule has 4 rings (SSSR count). The van der Waals surface area contributed by atoms with E-state index in [1.165, 1.54) is 109 Å². The average molecular weight is 1380 g/mol. The minimum Gasteiger partial charge on any atom is -0.544 e. The van der Waals surface area contributed by atoms with Gasteiger partial charge >= 0.3 is 0 Å². The van der Waals surface area contributed by atoms with Crippen molar-refractivity contribution < 1.29 is 129 Å². The van der Waals surface area contributed by atoms with Gasteiger partial charge in [0, 0.05) is 26.7 Å². The van der Waals surface area contributed by atoms with Crippen LogP contribution in [0.4, 0.5) is 0 Å². The molecule has 0 bridgehead atoms. The molecule has 0 aromatic rings. The smallest absolute Gasteiger partial charge is 0.220 e. The highest BCUT2D eigenvalue weighted by atomic mass is 16.8. The van der Waals surface area contributed by atoms with E-state index in [1.54, 1.807) is 6.08 Å². The maximum Gasteiger partial charge on any atom is 0.220 e. The molecule has 29 nitrogen and oxygen atoms in total. The lowest BCUT2D eigenvalue weighted by Gasteiger charge is -2.53. The van der Waals surface area contributed by atoms with Crippen LogP contribution in [-0.4, -0.2) is 264 Å². The molecule has 3 amide bonds. The number of allylic oxidation sites excluding steroid dienone is 1. The van der Waals surface area contributed by atoms with Crippen LogP contribution in [0.2, 0.25) is 0 Å². The minimum absolute atomic E-state index is 0.159. The second-order valence-electron chi connectivity index (χ2n) is 26.5. The normalized spacial score (nSPS) is 32.3. The van der Waals surface area contributed by atoms with Gasteiger partial charge in [0.1, 0.15) is 97.5 Å². The average Bonchev–Trinajstić information content (AvgIpc) is 0.761. The summed E-state index contributed by atoms with van der Waals surface area (Å²) in [6.45, 7) is 1.65. The molecule has 16 N–H and O–H groups in total. The molecule has 96 heavy (non-hydrogen) atoms. The molecule has 0 spiro atoms. The Morgan fingerprint density at radius 1 is 0.552 bits per heavy atom. The number of amides is 3. The number of aliphatic carboxylic acids is 1. The van der Waals surface area contributed by atoms with Gasteiger partial charge < -0.3 is 130 Å². The molecule has 23 atom stereocenters. The van der Waals surface area contributed by atoms with Gasteiger partial charge in [-0.3, -0.25) is 14.4 Å². The summed E-state index contributed by atoms with van der Waals surface area (Å²) in [5, 5.41) is 165. The summed E-state index contributed by atoms with van der Waals surface area (Å²) in [7, 11) is 0. The SMILES string of the molecule is CCCCCCCCCCCCC/C=C/[C@@H](O)[C@H](CO[C@@H]1O[C@H](CO)[C@@H](O[C@@H]2O[C@H](CO)[C@H](O[C@@H]3O[C@H](CO)[C@H](O)[C@H](O)[C@H]3NC(C)=O)[C@H](O[C@]3(C(=O)[O-])C[C@H](O)[C@@H](NC(C)=O)[C@H]([C@H](O)[C@H](O)CO)O3)[C@H]2O)[C@H](O)[C@H]1O)NC(=O)CCCCCCCCCCCCCCCCC. The van der Waals surface area contributed by atoms with Crippen LogP contribution in [0, 0.1) is 0 Å². The second kappa shape index (κ2) is 46.3. The van der Waals surface area contributed by atoms with E-state index < -0.39 is 198 Å². The first-order valence-corrected chi connectivity index (χ1v) is 35.5. The third-order valence-corrected chi connectivity index (χ3v) is 18.5. The quantitative estimate of drug-likeness (QED) is 0.0277. The summed E-state index contributed by atoms with van der Waals surface area (Å²) in [5.41, 5.74) is 0. The van der Waals surface area contributed by atoms with Gasteiger partial charge in [-0.2, -0.15) is 0 Å². The van der Waals surface area contributed by atoms with E-state index >= 15 is 0 Å². The van der Waals surface area contributed by atoms with Gasteiger partial charge in [0.25, 0.3) is 0 Å². The van der Waals surface area contributed by atoms with E-state index in [-0.39, 0.29) is 12.3 Å². The Bertz CT molecular complexity index is 2180. The summed E-state index contributed by atoms with van der Waals surface area (Å²) in [4.78, 5) is 51.8. The molecular formula is C67H120N3O26-. The molecule has 0 aliphatic carbocycles. The van der Waals surface area contributed by atoms with Gasteiger partial charge in [0.2, 0.25) is 23.5 Å². The number of unbranched alkanes of at least 4 members (excludes halogenated alkanes) is 25. The van der Waals surface area contributed by atoms with Crippen molar-refractivity contribution in [1.82, 2.24) is 16.0 Å². The zero-order valence-corrected chi connectivity index (χ0v) is 57.0. The minimum atomic E-state index is -3.39. The van der Waals surface area contributed by atoms with Crippen molar-refractivity contribution >= 4 is 23.7 Å². The predicted molar refractivity (Wildman–Crippen MR) is 343 cm³/mol. The predicted octanol–water partition coefficient (Wildman–Crippen LogP) is -0.201. The summed E-state index contributed by atoms with van der Waals surface area (Å²) < 4.78 is 47.7. The molecule has 4 heterocycles. The lowest BCUT2D eigenvalue weighted by Crippen LogP contribution is -2.73. The summed E-state index contributed by atoms with van der Waals surface area (Å²) in [6, 6.07) is -4.56. The van der Waals surface area contributed by atoms with Crippen molar-refractivity contribution in [3.05, 3.63) is 12.2 Å². The number of nitrogens with one attached hydrogen (secondary N) is 3. The highest BCUT2D eigenvalue weighted by molar-refractivity contribution is 5.76. The van der Waals surface area contributed by atoms with Crippen LogP contribution >= 0.6 is 0 Å². The number of hydrogen-bond acceptors (Lipinski definition) is 26. The Hall–Kier alpha value is -3.22. The molecule has 0 unspecified atom stereocenters. The Morgan fingerprint density at radius 3 is 1.52 bits per heavy atom. The number of aliphatic hydroxyl groups is 13. The molecule has 560 valence electrons. The zero-order valence-electron chi connectivity index (χ0n) is 57.0. The van der Waals surface area contributed by atoms with E-state index in [2.05, 4.69) is 29.8 Å². The second-order valence-corrected chi connectivity index (χ2v) is 26.5. The molecule has 4 fully saturated rings. The van der Waals surface area contributed by atoms with Crippen LogP contribution in [0.15, 0.2) is 12.2 Å². The highest BCUT2D eigenvalue weighted by Crippen LogP contribution is 2.40. The molecule has 4 aliphatic heterocycles. The molecule has 0 aromatic heterocycles. The first kappa shape index (κ1) is 85.2. The molecule has 0 radical (unpaired) electrons. The third-order valence-electron chi connectivity index (χ3n) is 18.5. The Balaban J connectivity index is 1.54. The maximum absolute atomic E-state index is 13.5. The van der Waals surface area contributed by atoms with Gasteiger partial charge in [-0.25, -0.2) is 0 Å². The molecule has 4 aliphatic rings. The summed E-state index contributed by atoms with van der Waals surface area (Å²) in [5.74, 6) is -7.75. The topological polar surface area (TPSA) is 464 Å². The van der Waals surface area contributed by atoms with Gasteiger partial charge in [0.05, 0.1) is 57.3 Å². The van der Waals surface area contributed by atoms with E-state index in [0.29, 0.717) is 12.8 Å². The monoisotopic (exact) mass is 1380 g/mol. The Labute approximate surface area is 565 Å². The molecule has 0 saturated carbocycles. The van der Waals surface area contributed by atoms with E-state index in [0.717, 1.165) is 65.2 Å². The van der Waals surface area contributed by atoms with Gasteiger partial charge in [-0.05, 0) is 19.3 Å². The maximum atomic E-state index is 13.5. The van der Waals surface area contributed by atoms with Crippen molar-refractivity contribution in [3.63, 3.8) is 0 Å². The first-order valence-electron chi connectivity index (χ1n) is 35.5. The molecule has 0 aromatic carbocycles. The van der Waals surface area contributed by atoms with Crippen LogP contribution in [0.5, 0.6) is 0 Å². The Kier molecular flexibility index (Phi) is 41.1. The zero-order chi connectivity index (χ0) is 70.7. The van der Waals surface area contributed by atoms with Crippen LogP contribution in [-0.2, 0) is 57.1 Å². The van der Waals surface area contributed by atoms with E-state index in [4.69, 9.17) is 37.9 Å². The highest BCUT2D eigenvalue weighted by Gasteiger charge is 2.60. The van der Waals surface area contributed by atoms with Crippen LogP contribution in [0.1, 0.15) is 214 Å². The standard InChI is InChI=1S/C67H121N3O26/c1-5-7-9-11-13-15-17-19-20-22-24-26-28-30-32-34-50(80)70-43(44(77)33-31-29-27-25-23-21-18-16-14-12-10-8-6-2)40-89-64-57(85)56(84)59(48(38-73)91-64)93-65-58(86)62(60(49(39-74)92-65)94-63-52(69-42(4)76)55(83)54(82)47(37-72)90-63)96-67(66(87)88)35-45(78)51(68-41(3)75)61(95-67)53(81)46(79)36-71/h31,33,43-49,51-65,71-74,77-79,81-86H,5-30,32,34-40H2,1-4H3,(H,68,75)(H,69,76)(H,70,80)(H,87,88)/p-1/b33-31+/t43-,44+,45-,46+,47+,48+,49+,51+,52+,53+,54-,55+,56+,57+,58+,59+,60-,61+,62+,63-,64+,65-,67-/m0/s1. The van der Waals surface area contributed by atoms with Gasteiger partial charge in [-0.1, -0.05) is 180 Å². The number of rotatable bonds is 49. The van der Waals surface area contributed by atoms with E-state index in [1.807, 2.05) is 6.08 Å². The van der Waals surface area contributed by atoms with Crippen molar-refractivity contribution in [2.24, 2.45) is 0 Å². The van der Waals surface area contributed by atoms with Crippen molar-refractivity contribution in [2.45, 2.75) is 354 Å². The molecular weight excluding hydrogens is 1260 g/mol. The largest absolute Gasteiger partial charge is 0.544 e.